The monoisotopic (exact) mass is 248 g/mol. The first kappa shape index (κ1) is 12.3. The molecule has 0 saturated carbocycles. The van der Waals surface area contributed by atoms with Crippen molar-refractivity contribution in [1.82, 2.24) is 15.1 Å². The highest BCUT2D eigenvalue weighted by atomic mass is 16.5. The van der Waals surface area contributed by atoms with Crippen LogP contribution in [0.1, 0.15) is 25.3 Å². The summed E-state index contributed by atoms with van der Waals surface area (Å²) in [6.45, 7) is 6.31. The number of nitrogens with zero attached hydrogens (tertiary/aromatic N) is 3. The van der Waals surface area contributed by atoms with Crippen molar-refractivity contribution in [3.8, 4) is 5.88 Å². The number of ether oxygens (including phenoxy) is 1. The third kappa shape index (κ3) is 3.44. The van der Waals surface area contributed by atoms with Crippen LogP contribution in [0, 0.1) is 6.92 Å². The van der Waals surface area contributed by atoms with Gasteiger partial charge in [-0.1, -0.05) is 5.16 Å². The number of rotatable bonds is 5. The van der Waals surface area contributed by atoms with Crippen molar-refractivity contribution in [3.05, 3.63) is 29.9 Å². The summed E-state index contributed by atoms with van der Waals surface area (Å²) in [5.74, 6) is 2.00. The van der Waals surface area contributed by atoms with Gasteiger partial charge >= 0.3 is 0 Å². The molecule has 96 valence electrons. The van der Waals surface area contributed by atoms with Crippen molar-refractivity contribution in [1.29, 1.82) is 0 Å². The van der Waals surface area contributed by atoms with Gasteiger partial charge in [-0.15, -0.1) is 0 Å². The molecule has 0 spiro atoms. The van der Waals surface area contributed by atoms with Crippen molar-refractivity contribution in [3.63, 3.8) is 0 Å². The molecule has 0 aliphatic rings. The topological polar surface area (TPSA) is 73.1 Å². The Morgan fingerprint density at radius 2 is 2.17 bits per heavy atom. The van der Waals surface area contributed by atoms with E-state index >= 15 is 0 Å². The molecule has 0 bridgehead atoms. The number of hydrogen-bond acceptors (Lipinski definition) is 6. The molecular formula is C12H16N4O2. The standard InChI is InChI=1S/C12H16N4O2/c1-8(2)17-12-5-11(14-7-15-12)13-6-10-4-9(3)16-18-10/h4-5,7-8H,6H2,1-3H3,(H,13,14,15). The van der Waals surface area contributed by atoms with Gasteiger partial charge in [0.05, 0.1) is 18.3 Å². The molecule has 2 heterocycles. The van der Waals surface area contributed by atoms with Gasteiger partial charge in [0.2, 0.25) is 5.88 Å². The highest BCUT2D eigenvalue weighted by Gasteiger charge is 2.04. The molecule has 6 nitrogen and oxygen atoms in total. The Labute approximate surface area is 105 Å². The van der Waals surface area contributed by atoms with E-state index in [9.17, 15) is 0 Å². The summed E-state index contributed by atoms with van der Waals surface area (Å²) in [5.41, 5.74) is 0.860. The second-order valence-electron chi connectivity index (χ2n) is 4.20. The lowest BCUT2D eigenvalue weighted by molar-refractivity contribution is 0.232. The Morgan fingerprint density at radius 3 is 2.83 bits per heavy atom. The van der Waals surface area contributed by atoms with Crippen LogP contribution in [-0.4, -0.2) is 21.2 Å². The summed E-state index contributed by atoms with van der Waals surface area (Å²) in [6, 6.07) is 3.63. The third-order valence-electron chi connectivity index (χ3n) is 2.12. The van der Waals surface area contributed by atoms with Crippen LogP contribution in [-0.2, 0) is 6.54 Å². The van der Waals surface area contributed by atoms with Crippen LogP contribution in [0.4, 0.5) is 5.82 Å². The molecule has 1 N–H and O–H groups in total. The minimum absolute atomic E-state index is 0.0877. The second kappa shape index (κ2) is 5.48. The van der Waals surface area contributed by atoms with Gasteiger partial charge in [-0.3, -0.25) is 0 Å². The summed E-state index contributed by atoms with van der Waals surface area (Å²) >= 11 is 0. The lowest BCUT2D eigenvalue weighted by Gasteiger charge is -2.09. The van der Waals surface area contributed by atoms with Crippen LogP contribution in [0.5, 0.6) is 5.88 Å². The van der Waals surface area contributed by atoms with Crippen molar-refractivity contribution in [2.45, 2.75) is 33.4 Å². The zero-order chi connectivity index (χ0) is 13.0. The molecule has 0 aliphatic carbocycles. The predicted molar refractivity (Wildman–Crippen MR) is 66.4 cm³/mol. The summed E-state index contributed by atoms with van der Waals surface area (Å²) in [5, 5.41) is 6.94. The van der Waals surface area contributed by atoms with Crippen LogP contribution in [0.3, 0.4) is 0 Å². The number of aromatic nitrogens is 3. The molecule has 18 heavy (non-hydrogen) atoms. The van der Waals surface area contributed by atoms with Crippen molar-refractivity contribution >= 4 is 5.82 Å². The van der Waals surface area contributed by atoms with E-state index < -0.39 is 0 Å². The average molecular weight is 248 g/mol. The molecule has 0 radical (unpaired) electrons. The van der Waals surface area contributed by atoms with Crippen LogP contribution in [0.25, 0.3) is 0 Å². The van der Waals surface area contributed by atoms with Crippen molar-refractivity contribution in [2.75, 3.05) is 5.32 Å². The predicted octanol–water partition coefficient (Wildman–Crippen LogP) is 2.17. The minimum Gasteiger partial charge on any atom is -0.475 e. The lowest BCUT2D eigenvalue weighted by atomic mass is 10.4. The average Bonchev–Trinajstić information content (AvgIpc) is 2.72. The molecule has 0 atom stereocenters. The largest absolute Gasteiger partial charge is 0.475 e. The molecule has 0 unspecified atom stereocenters. The van der Waals surface area contributed by atoms with E-state index in [0.717, 1.165) is 11.5 Å². The fraction of sp³-hybridized carbons (Fsp3) is 0.417. The Morgan fingerprint density at radius 1 is 1.33 bits per heavy atom. The van der Waals surface area contributed by atoms with E-state index in [2.05, 4.69) is 20.4 Å². The van der Waals surface area contributed by atoms with Crippen LogP contribution >= 0.6 is 0 Å². The normalized spacial score (nSPS) is 10.7. The van der Waals surface area contributed by atoms with Crippen LogP contribution in [0.15, 0.2) is 23.0 Å². The number of hydrogen-bond donors (Lipinski definition) is 1. The molecule has 2 aromatic heterocycles. The van der Waals surface area contributed by atoms with Gasteiger partial charge in [-0.25, -0.2) is 9.97 Å². The van der Waals surface area contributed by atoms with Gasteiger partial charge in [0.15, 0.2) is 5.76 Å². The highest BCUT2D eigenvalue weighted by molar-refractivity contribution is 5.37. The first-order valence-electron chi connectivity index (χ1n) is 5.78. The van der Waals surface area contributed by atoms with E-state index in [1.165, 1.54) is 6.33 Å². The fourth-order valence-electron chi connectivity index (χ4n) is 1.42. The van der Waals surface area contributed by atoms with Gasteiger partial charge in [-0.05, 0) is 20.8 Å². The van der Waals surface area contributed by atoms with E-state index in [-0.39, 0.29) is 6.10 Å². The minimum atomic E-state index is 0.0877. The summed E-state index contributed by atoms with van der Waals surface area (Å²) in [7, 11) is 0. The van der Waals surface area contributed by atoms with Crippen LogP contribution in [0.2, 0.25) is 0 Å². The fourth-order valence-corrected chi connectivity index (χ4v) is 1.42. The maximum atomic E-state index is 5.48. The smallest absolute Gasteiger partial charge is 0.218 e. The van der Waals surface area contributed by atoms with Crippen molar-refractivity contribution < 1.29 is 9.26 Å². The number of aryl methyl sites for hydroxylation is 1. The van der Waals surface area contributed by atoms with E-state index in [4.69, 9.17) is 9.26 Å². The Bertz CT molecular complexity index is 510. The quantitative estimate of drug-likeness (QED) is 0.874. The first-order valence-corrected chi connectivity index (χ1v) is 5.78. The van der Waals surface area contributed by atoms with Gasteiger partial charge < -0.3 is 14.6 Å². The molecule has 0 amide bonds. The number of nitrogens with one attached hydrogen (secondary N) is 1. The Hall–Kier alpha value is -2.11. The van der Waals surface area contributed by atoms with E-state index in [0.29, 0.717) is 18.2 Å². The summed E-state index contributed by atoms with van der Waals surface area (Å²) in [6.07, 6.45) is 1.55. The van der Waals surface area contributed by atoms with Gasteiger partial charge in [0, 0.05) is 12.1 Å². The Balaban J connectivity index is 1.96. The SMILES string of the molecule is Cc1cc(CNc2cc(OC(C)C)ncn2)on1. The number of anilines is 1. The highest BCUT2D eigenvalue weighted by Crippen LogP contribution is 2.13. The molecule has 0 aromatic carbocycles. The molecule has 2 rings (SSSR count). The van der Waals surface area contributed by atoms with E-state index in [1.54, 1.807) is 6.07 Å². The van der Waals surface area contributed by atoms with Gasteiger partial charge in [0.25, 0.3) is 0 Å². The van der Waals surface area contributed by atoms with E-state index in [1.807, 2.05) is 26.8 Å². The molecule has 6 heteroatoms. The summed E-state index contributed by atoms with van der Waals surface area (Å²) < 4.78 is 10.6. The second-order valence-corrected chi connectivity index (χ2v) is 4.20. The summed E-state index contributed by atoms with van der Waals surface area (Å²) in [4.78, 5) is 8.13. The maximum Gasteiger partial charge on any atom is 0.218 e. The third-order valence-corrected chi connectivity index (χ3v) is 2.12. The molecule has 0 saturated heterocycles. The molecule has 0 fully saturated rings. The molecular weight excluding hydrogens is 232 g/mol. The lowest BCUT2D eigenvalue weighted by Crippen LogP contribution is -2.08. The van der Waals surface area contributed by atoms with Gasteiger partial charge in [0.1, 0.15) is 12.1 Å². The molecule has 0 aliphatic heterocycles. The zero-order valence-corrected chi connectivity index (χ0v) is 10.7. The maximum absolute atomic E-state index is 5.48. The first-order chi connectivity index (χ1) is 8.63. The molecule has 2 aromatic rings. The Kier molecular flexibility index (Phi) is 3.76. The van der Waals surface area contributed by atoms with Crippen molar-refractivity contribution in [2.24, 2.45) is 0 Å². The van der Waals surface area contributed by atoms with Crippen LogP contribution < -0.4 is 10.1 Å². The zero-order valence-electron chi connectivity index (χ0n) is 10.7. The van der Waals surface area contributed by atoms with Gasteiger partial charge in [-0.2, -0.15) is 0 Å².